The molecule has 76 valence electrons. The topological polar surface area (TPSA) is 34.2 Å². The van der Waals surface area contributed by atoms with Crippen LogP contribution in [0, 0.1) is 12.3 Å². The van der Waals surface area contributed by atoms with Crippen LogP contribution < -0.4 is 5.32 Å². The third-order valence-electron chi connectivity index (χ3n) is 2.65. The number of pyridine rings is 1. The van der Waals surface area contributed by atoms with E-state index in [1.165, 1.54) is 5.56 Å². The van der Waals surface area contributed by atoms with Gasteiger partial charge in [-0.15, -0.1) is 0 Å². The Hall–Kier alpha value is -1.09. The number of aryl methyl sites for hydroxylation is 1. The van der Waals surface area contributed by atoms with Gasteiger partial charge < -0.3 is 10.1 Å². The maximum absolute atomic E-state index is 5.20. The van der Waals surface area contributed by atoms with E-state index in [4.69, 9.17) is 4.74 Å². The van der Waals surface area contributed by atoms with Crippen molar-refractivity contribution in [1.82, 2.24) is 4.98 Å². The van der Waals surface area contributed by atoms with E-state index in [9.17, 15) is 0 Å². The Bertz CT molecular complexity index is 321. The Labute approximate surface area is 84.5 Å². The van der Waals surface area contributed by atoms with Gasteiger partial charge in [0, 0.05) is 18.2 Å². The summed E-state index contributed by atoms with van der Waals surface area (Å²) in [4.78, 5) is 4.10. The van der Waals surface area contributed by atoms with Gasteiger partial charge in [-0.05, 0) is 18.6 Å². The van der Waals surface area contributed by atoms with Crippen molar-refractivity contribution < 1.29 is 4.74 Å². The molecule has 1 aliphatic rings. The number of ether oxygens (including phenoxy) is 1. The minimum Gasteiger partial charge on any atom is -0.383 e. The molecule has 0 saturated carbocycles. The smallest absolute Gasteiger partial charge is 0.0559 e. The van der Waals surface area contributed by atoms with Crippen LogP contribution in [0.3, 0.4) is 0 Å². The first-order valence-corrected chi connectivity index (χ1v) is 4.92. The standard InChI is InChI=1S/C11H16N2O/c1-9-3-4-12-5-10(9)13-6-11(2)7-14-8-11/h3-5,13H,6-8H2,1-2H3. The van der Waals surface area contributed by atoms with Gasteiger partial charge in [0.2, 0.25) is 0 Å². The van der Waals surface area contributed by atoms with E-state index in [0.717, 1.165) is 25.4 Å². The van der Waals surface area contributed by atoms with Gasteiger partial charge in [-0.2, -0.15) is 0 Å². The van der Waals surface area contributed by atoms with Crippen LogP contribution in [0.4, 0.5) is 5.69 Å². The van der Waals surface area contributed by atoms with Gasteiger partial charge in [-0.25, -0.2) is 0 Å². The van der Waals surface area contributed by atoms with Crippen molar-refractivity contribution in [2.45, 2.75) is 13.8 Å². The van der Waals surface area contributed by atoms with Crippen molar-refractivity contribution in [3.05, 3.63) is 24.0 Å². The van der Waals surface area contributed by atoms with Crippen LogP contribution in [0.2, 0.25) is 0 Å². The number of nitrogens with zero attached hydrogens (tertiary/aromatic N) is 1. The lowest BCUT2D eigenvalue weighted by Gasteiger charge is -2.38. The summed E-state index contributed by atoms with van der Waals surface area (Å²) in [5, 5.41) is 3.41. The highest BCUT2D eigenvalue weighted by Crippen LogP contribution is 2.27. The third kappa shape index (κ3) is 1.87. The number of rotatable bonds is 3. The summed E-state index contributed by atoms with van der Waals surface area (Å²) in [7, 11) is 0. The van der Waals surface area contributed by atoms with Crippen LogP contribution in [-0.2, 0) is 4.74 Å². The van der Waals surface area contributed by atoms with E-state index in [1.807, 2.05) is 18.5 Å². The number of nitrogens with one attached hydrogen (secondary N) is 1. The minimum atomic E-state index is 0.308. The van der Waals surface area contributed by atoms with Gasteiger partial charge in [0.1, 0.15) is 0 Å². The molecule has 1 aliphatic heterocycles. The lowest BCUT2D eigenvalue weighted by molar-refractivity contribution is -0.0924. The van der Waals surface area contributed by atoms with Crippen molar-refractivity contribution in [3.8, 4) is 0 Å². The maximum atomic E-state index is 5.20. The van der Waals surface area contributed by atoms with Gasteiger partial charge in [-0.3, -0.25) is 4.98 Å². The van der Waals surface area contributed by atoms with E-state index in [2.05, 4.69) is 24.1 Å². The van der Waals surface area contributed by atoms with Crippen LogP contribution in [0.5, 0.6) is 0 Å². The minimum absolute atomic E-state index is 0.308. The zero-order valence-corrected chi connectivity index (χ0v) is 8.71. The molecule has 0 radical (unpaired) electrons. The van der Waals surface area contributed by atoms with Gasteiger partial charge >= 0.3 is 0 Å². The predicted molar refractivity (Wildman–Crippen MR) is 56.4 cm³/mol. The van der Waals surface area contributed by atoms with Gasteiger partial charge in [0.05, 0.1) is 25.1 Å². The van der Waals surface area contributed by atoms with E-state index in [-0.39, 0.29) is 0 Å². The largest absolute Gasteiger partial charge is 0.383 e. The monoisotopic (exact) mass is 192 g/mol. The summed E-state index contributed by atoms with van der Waals surface area (Å²) in [5.41, 5.74) is 2.67. The van der Waals surface area contributed by atoms with Gasteiger partial charge in [-0.1, -0.05) is 6.92 Å². The zero-order valence-electron chi connectivity index (χ0n) is 8.71. The number of anilines is 1. The van der Waals surface area contributed by atoms with Crippen LogP contribution in [0.15, 0.2) is 18.5 Å². The van der Waals surface area contributed by atoms with Crippen molar-refractivity contribution in [2.75, 3.05) is 25.1 Å². The summed E-state index contributed by atoms with van der Waals surface area (Å²) >= 11 is 0. The van der Waals surface area contributed by atoms with Crippen LogP contribution in [-0.4, -0.2) is 24.7 Å². The predicted octanol–water partition coefficient (Wildman–Crippen LogP) is 1.84. The molecule has 0 unspecified atom stereocenters. The number of aromatic nitrogens is 1. The summed E-state index contributed by atoms with van der Waals surface area (Å²) in [6.45, 7) is 7.00. The quantitative estimate of drug-likeness (QED) is 0.793. The lowest BCUT2D eigenvalue weighted by Crippen LogP contribution is -2.45. The number of hydrogen-bond acceptors (Lipinski definition) is 3. The second-order valence-electron chi connectivity index (χ2n) is 4.35. The highest BCUT2D eigenvalue weighted by atomic mass is 16.5. The fourth-order valence-electron chi connectivity index (χ4n) is 1.51. The molecule has 3 nitrogen and oxygen atoms in total. The first kappa shape index (κ1) is 9.46. The lowest BCUT2D eigenvalue weighted by atomic mass is 9.88. The summed E-state index contributed by atoms with van der Waals surface area (Å²) < 4.78 is 5.20. The Balaban J connectivity index is 1.95. The van der Waals surface area contributed by atoms with Crippen molar-refractivity contribution in [2.24, 2.45) is 5.41 Å². The zero-order chi connectivity index (χ0) is 10.0. The Kier molecular flexibility index (Phi) is 2.42. The second-order valence-corrected chi connectivity index (χ2v) is 4.35. The Morgan fingerprint density at radius 3 is 2.93 bits per heavy atom. The van der Waals surface area contributed by atoms with E-state index in [1.54, 1.807) is 0 Å². The van der Waals surface area contributed by atoms with E-state index < -0.39 is 0 Å². The van der Waals surface area contributed by atoms with Crippen molar-refractivity contribution >= 4 is 5.69 Å². The molecule has 2 rings (SSSR count). The highest BCUT2D eigenvalue weighted by Gasteiger charge is 2.32. The fraction of sp³-hybridized carbons (Fsp3) is 0.545. The molecular formula is C11H16N2O. The highest BCUT2D eigenvalue weighted by molar-refractivity contribution is 5.48. The SMILES string of the molecule is Cc1ccncc1NCC1(C)COC1. The fourth-order valence-corrected chi connectivity index (χ4v) is 1.51. The molecule has 3 heteroatoms. The normalized spacial score (nSPS) is 18.7. The first-order chi connectivity index (χ1) is 6.70. The molecule has 0 amide bonds. The average Bonchev–Trinajstić information content (AvgIpc) is 2.14. The molecular weight excluding hydrogens is 176 g/mol. The molecule has 1 aromatic rings. The molecule has 1 saturated heterocycles. The molecule has 0 aliphatic carbocycles. The maximum Gasteiger partial charge on any atom is 0.0559 e. The molecule has 0 spiro atoms. The van der Waals surface area contributed by atoms with Crippen LogP contribution in [0.1, 0.15) is 12.5 Å². The Morgan fingerprint density at radius 2 is 2.36 bits per heavy atom. The van der Waals surface area contributed by atoms with Gasteiger partial charge in [0.15, 0.2) is 0 Å². The molecule has 0 bridgehead atoms. The van der Waals surface area contributed by atoms with Crippen molar-refractivity contribution in [3.63, 3.8) is 0 Å². The summed E-state index contributed by atoms with van der Waals surface area (Å²) in [6, 6.07) is 2.02. The first-order valence-electron chi connectivity index (χ1n) is 4.92. The summed E-state index contributed by atoms with van der Waals surface area (Å²) in [6.07, 6.45) is 3.69. The van der Waals surface area contributed by atoms with Crippen LogP contribution >= 0.6 is 0 Å². The average molecular weight is 192 g/mol. The second kappa shape index (κ2) is 3.58. The van der Waals surface area contributed by atoms with Crippen LogP contribution in [0.25, 0.3) is 0 Å². The van der Waals surface area contributed by atoms with E-state index in [0.29, 0.717) is 5.41 Å². The molecule has 1 aromatic heterocycles. The molecule has 14 heavy (non-hydrogen) atoms. The van der Waals surface area contributed by atoms with Gasteiger partial charge in [0.25, 0.3) is 0 Å². The molecule has 1 fully saturated rings. The molecule has 2 heterocycles. The number of hydrogen-bond donors (Lipinski definition) is 1. The summed E-state index contributed by atoms with van der Waals surface area (Å²) in [5.74, 6) is 0. The molecule has 0 atom stereocenters. The van der Waals surface area contributed by atoms with Crippen molar-refractivity contribution in [1.29, 1.82) is 0 Å². The molecule has 1 N–H and O–H groups in total. The molecule has 0 aromatic carbocycles. The Morgan fingerprint density at radius 1 is 1.57 bits per heavy atom. The third-order valence-corrected chi connectivity index (χ3v) is 2.65. The van der Waals surface area contributed by atoms with E-state index >= 15 is 0 Å².